The van der Waals surface area contributed by atoms with Crippen molar-refractivity contribution >= 4 is 34.7 Å². The van der Waals surface area contributed by atoms with Gasteiger partial charge in [0.2, 0.25) is 0 Å². The van der Waals surface area contributed by atoms with Crippen molar-refractivity contribution in [3.8, 4) is 0 Å². The van der Waals surface area contributed by atoms with Gasteiger partial charge in [0, 0.05) is 23.9 Å². The molecule has 0 aliphatic heterocycles. The quantitative estimate of drug-likeness (QED) is 0.309. The van der Waals surface area contributed by atoms with Gasteiger partial charge in [0.05, 0.1) is 10.5 Å². The number of amides is 1. The predicted octanol–water partition coefficient (Wildman–Crippen LogP) is 3.02. The zero-order valence-electron chi connectivity index (χ0n) is 15.4. The maximum atomic E-state index is 12.1. The van der Waals surface area contributed by atoms with Crippen molar-refractivity contribution in [3.63, 3.8) is 0 Å². The van der Waals surface area contributed by atoms with Crippen LogP contribution in [0.4, 0.5) is 17.1 Å². The highest BCUT2D eigenvalue weighted by Crippen LogP contribution is 2.25. The molecule has 1 amide bonds. The SMILES string of the molecule is CCNc1ccc(C(=O)OCC(=O)Nc2ccc(C(C)=O)cc2)cc1[N+](=O)[O-]. The summed E-state index contributed by atoms with van der Waals surface area (Å²) in [6, 6.07) is 10.1. The lowest BCUT2D eigenvalue weighted by Gasteiger charge is -2.08. The van der Waals surface area contributed by atoms with Gasteiger partial charge >= 0.3 is 5.97 Å². The summed E-state index contributed by atoms with van der Waals surface area (Å²) in [4.78, 5) is 45.7. The number of rotatable bonds is 8. The van der Waals surface area contributed by atoms with Crippen molar-refractivity contribution in [1.82, 2.24) is 0 Å². The van der Waals surface area contributed by atoms with Crippen LogP contribution in [-0.4, -0.2) is 35.7 Å². The molecule has 0 aliphatic carbocycles. The maximum Gasteiger partial charge on any atom is 0.338 e. The molecule has 28 heavy (non-hydrogen) atoms. The van der Waals surface area contributed by atoms with Gasteiger partial charge in [0.15, 0.2) is 12.4 Å². The van der Waals surface area contributed by atoms with E-state index in [0.717, 1.165) is 6.07 Å². The van der Waals surface area contributed by atoms with Crippen molar-refractivity contribution < 1.29 is 24.0 Å². The van der Waals surface area contributed by atoms with E-state index in [4.69, 9.17) is 4.74 Å². The number of hydrogen-bond acceptors (Lipinski definition) is 7. The Morgan fingerprint density at radius 1 is 1.07 bits per heavy atom. The number of carbonyl (C=O) groups excluding carboxylic acids is 3. The molecule has 0 radical (unpaired) electrons. The number of nitro benzene ring substituents is 1. The summed E-state index contributed by atoms with van der Waals surface area (Å²) < 4.78 is 4.91. The van der Waals surface area contributed by atoms with E-state index in [9.17, 15) is 24.5 Å². The number of anilines is 2. The van der Waals surface area contributed by atoms with Crippen LogP contribution in [0.15, 0.2) is 42.5 Å². The van der Waals surface area contributed by atoms with Crippen LogP contribution in [0.1, 0.15) is 34.6 Å². The highest BCUT2D eigenvalue weighted by molar-refractivity contribution is 5.97. The van der Waals surface area contributed by atoms with E-state index < -0.39 is 23.4 Å². The summed E-state index contributed by atoms with van der Waals surface area (Å²) in [5, 5.41) is 16.5. The van der Waals surface area contributed by atoms with Gasteiger partial charge in [-0.2, -0.15) is 0 Å². The molecule has 0 bridgehead atoms. The molecule has 0 spiro atoms. The number of nitrogens with one attached hydrogen (secondary N) is 2. The van der Waals surface area contributed by atoms with Gasteiger partial charge in [0.1, 0.15) is 5.69 Å². The first-order valence-electron chi connectivity index (χ1n) is 8.42. The molecule has 9 heteroatoms. The fourth-order valence-corrected chi connectivity index (χ4v) is 2.35. The first kappa shape index (κ1) is 20.6. The van der Waals surface area contributed by atoms with Gasteiger partial charge in [-0.25, -0.2) is 4.79 Å². The predicted molar refractivity (Wildman–Crippen MR) is 103 cm³/mol. The largest absolute Gasteiger partial charge is 0.452 e. The van der Waals surface area contributed by atoms with Crippen molar-refractivity contribution in [2.45, 2.75) is 13.8 Å². The zero-order chi connectivity index (χ0) is 20.7. The van der Waals surface area contributed by atoms with Crippen molar-refractivity contribution in [2.24, 2.45) is 0 Å². The van der Waals surface area contributed by atoms with Crippen LogP contribution in [0.25, 0.3) is 0 Å². The molecule has 0 saturated carbocycles. The zero-order valence-corrected chi connectivity index (χ0v) is 15.4. The minimum atomic E-state index is -0.853. The molecule has 0 aliphatic rings. The molecule has 0 unspecified atom stereocenters. The fourth-order valence-electron chi connectivity index (χ4n) is 2.35. The molecule has 0 atom stereocenters. The average Bonchev–Trinajstić information content (AvgIpc) is 2.67. The van der Waals surface area contributed by atoms with E-state index in [1.54, 1.807) is 31.2 Å². The van der Waals surface area contributed by atoms with Gasteiger partial charge < -0.3 is 15.4 Å². The maximum absolute atomic E-state index is 12.1. The van der Waals surface area contributed by atoms with E-state index in [0.29, 0.717) is 17.8 Å². The second-order valence-corrected chi connectivity index (χ2v) is 5.78. The minimum absolute atomic E-state index is 0.0352. The van der Waals surface area contributed by atoms with Crippen LogP contribution < -0.4 is 10.6 Å². The molecule has 9 nitrogen and oxygen atoms in total. The second-order valence-electron chi connectivity index (χ2n) is 5.78. The number of nitro groups is 1. The first-order chi connectivity index (χ1) is 13.3. The number of Topliss-reactive ketones (excluding diaryl/α,β-unsaturated/α-hetero) is 1. The van der Waals surface area contributed by atoms with Crippen molar-refractivity contribution in [3.05, 3.63) is 63.7 Å². The highest BCUT2D eigenvalue weighted by atomic mass is 16.6. The van der Waals surface area contributed by atoms with Crippen molar-refractivity contribution in [1.29, 1.82) is 0 Å². The molecule has 2 aromatic rings. The van der Waals surface area contributed by atoms with E-state index in [2.05, 4.69) is 10.6 Å². The third-order valence-electron chi connectivity index (χ3n) is 3.71. The summed E-state index contributed by atoms with van der Waals surface area (Å²) in [5.41, 5.74) is 0.942. The third kappa shape index (κ3) is 5.37. The molecule has 2 aromatic carbocycles. The fraction of sp³-hybridized carbons (Fsp3) is 0.211. The summed E-state index contributed by atoms with van der Waals surface area (Å²) in [7, 11) is 0. The number of carbonyl (C=O) groups is 3. The van der Waals surface area contributed by atoms with E-state index in [1.165, 1.54) is 19.1 Å². The standard InChI is InChI=1S/C19H19N3O6/c1-3-20-16-9-6-14(10-17(16)22(26)27)19(25)28-11-18(24)21-15-7-4-13(5-8-15)12(2)23/h4-10,20H,3,11H2,1-2H3,(H,21,24). The van der Waals surface area contributed by atoms with Gasteiger partial charge in [-0.1, -0.05) is 0 Å². The highest BCUT2D eigenvalue weighted by Gasteiger charge is 2.18. The van der Waals surface area contributed by atoms with Gasteiger partial charge in [-0.05, 0) is 50.2 Å². The van der Waals surface area contributed by atoms with Crippen molar-refractivity contribution in [2.75, 3.05) is 23.8 Å². The summed E-state index contributed by atoms with van der Waals surface area (Å²) in [6.07, 6.45) is 0. The smallest absolute Gasteiger partial charge is 0.338 e. The van der Waals surface area contributed by atoms with E-state index >= 15 is 0 Å². The first-order valence-corrected chi connectivity index (χ1v) is 8.42. The lowest BCUT2D eigenvalue weighted by Crippen LogP contribution is -2.21. The van der Waals surface area contributed by atoms with Crippen LogP contribution in [0.3, 0.4) is 0 Å². The molecule has 0 saturated heterocycles. The minimum Gasteiger partial charge on any atom is -0.452 e. The molecule has 0 fully saturated rings. The summed E-state index contributed by atoms with van der Waals surface area (Å²) in [6.45, 7) is 3.15. The van der Waals surface area contributed by atoms with Crippen LogP contribution in [0.5, 0.6) is 0 Å². The summed E-state index contributed by atoms with van der Waals surface area (Å²) in [5.74, 6) is -1.53. The Morgan fingerprint density at radius 3 is 2.29 bits per heavy atom. The van der Waals surface area contributed by atoms with Crippen LogP contribution >= 0.6 is 0 Å². The Hall–Kier alpha value is -3.75. The number of ether oxygens (including phenoxy) is 1. The number of nitrogens with zero attached hydrogens (tertiary/aromatic N) is 1. The molecule has 146 valence electrons. The van der Waals surface area contributed by atoms with E-state index in [-0.39, 0.29) is 22.7 Å². The van der Waals surface area contributed by atoms with Crippen LogP contribution in [-0.2, 0) is 9.53 Å². The lowest BCUT2D eigenvalue weighted by atomic mass is 10.1. The van der Waals surface area contributed by atoms with Gasteiger partial charge in [-0.15, -0.1) is 0 Å². The molecule has 2 N–H and O–H groups in total. The second kappa shape index (κ2) is 9.26. The number of esters is 1. The monoisotopic (exact) mass is 385 g/mol. The number of ketones is 1. The Kier molecular flexibility index (Phi) is 6.80. The third-order valence-corrected chi connectivity index (χ3v) is 3.71. The van der Waals surface area contributed by atoms with Crippen LogP contribution in [0.2, 0.25) is 0 Å². The molecule has 0 aromatic heterocycles. The number of hydrogen-bond donors (Lipinski definition) is 2. The normalized spacial score (nSPS) is 10.1. The van der Waals surface area contributed by atoms with Gasteiger partial charge in [-0.3, -0.25) is 19.7 Å². The molecular weight excluding hydrogens is 366 g/mol. The molecule has 0 heterocycles. The van der Waals surface area contributed by atoms with E-state index in [1.807, 2.05) is 0 Å². The molecular formula is C19H19N3O6. The Labute approximate surface area is 160 Å². The Balaban J connectivity index is 1.97. The molecule has 2 rings (SSSR count). The Bertz CT molecular complexity index is 908. The van der Waals surface area contributed by atoms with Gasteiger partial charge in [0.25, 0.3) is 11.6 Å². The Morgan fingerprint density at radius 2 is 1.71 bits per heavy atom. The average molecular weight is 385 g/mol. The van der Waals surface area contributed by atoms with Crippen LogP contribution in [0, 0.1) is 10.1 Å². The number of benzene rings is 2. The topological polar surface area (TPSA) is 128 Å². The lowest BCUT2D eigenvalue weighted by molar-refractivity contribution is -0.384. The summed E-state index contributed by atoms with van der Waals surface area (Å²) >= 11 is 0.